The standard InChI is InChI=1S/C22H23N5O3/c28-20(16-3-4-16)22(30)26-11-9-25(10-12-26)21(29)17-5-1-15(2-6-17)18-14-27-8-7-23-19(27)13-24-18/h1-2,5-8,13-14,16,20,28H,3-4,9-12H2. The van der Waals surface area contributed by atoms with Crippen LogP contribution in [0.2, 0.25) is 0 Å². The summed E-state index contributed by atoms with van der Waals surface area (Å²) in [6.45, 7) is 1.87. The molecule has 2 fully saturated rings. The maximum Gasteiger partial charge on any atom is 0.253 e. The third-order valence-corrected chi connectivity index (χ3v) is 5.91. The van der Waals surface area contributed by atoms with Gasteiger partial charge in [-0.2, -0.15) is 0 Å². The van der Waals surface area contributed by atoms with E-state index in [1.807, 2.05) is 41.1 Å². The maximum atomic E-state index is 12.9. The summed E-state index contributed by atoms with van der Waals surface area (Å²) in [4.78, 5) is 37.2. The predicted molar refractivity (Wildman–Crippen MR) is 110 cm³/mol. The van der Waals surface area contributed by atoms with Gasteiger partial charge < -0.3 is 19.3 Å². The fourth-order valence-electron chi connectivity index (χ4n) is 3.87. The Morgan fingerprint density at radius 3 is 2.40 bits per heavy atom. The van der Waals surface area contributed by atoms with E-state index in [-0.39, 0.29) is 17.7 Å². The molecule has 3 aromatic rings. The third-order valence-electron chi connectivity index (χ3n) is 5.91. The molecule has 1 atom stereocenters. The van der Waals surface area contributed by atoms with E-state index in [4.69, 9.17) is 0 Å². The molecule has 3 heterocycles. The second-order valence-electron chi connectivity index (χ2n) is 7.94. The minimum Gasteiger partial charge on any atom is -0.383 e. The number of carbonyl (C=O) groups is 2. The van der Waals surface area contributed by atoms with Crippen LogP contribution in [0.25, 0.3) is 16.9 Å². The van der Waals surface area contributed by atoms with E-state index in [2.05, 4.69) is 9.97 Å². The van der Waals surface area contributed by atoms with Crippen molar-refractivity contribution in [1.82, 2.24) is 24.2 Å². The largest absolute Gasteiger partial charge is 0.383 e. The van der Waals surface area contributed by atoms with E-state index in [1.54, 1.807) is 22.2 Å². The Balaban J connectivity index is 1.23. The summed E-state index contributed by atoms with van der Waals surface area (Å²) in [7, 11) is 0. The van der Waals surface area contributed by atoms with E-state index < -0.39 is 6.10 Å². The van der Waals surface area contributed by atoms with Gasteiger partial charge in [0.2, 0.25) is 0 Å². The quantitative estimate of drug-likeness (QED) is 0.710. The Bertz CT molecular complexity index is 1080. The number of aromatic nitrogens is 3. The highest BCUT2D eigenvalue weighted by Gasteiger charge is 2.37. The molecule has 30 heavy (non-hydrogen) atoms. The summed E-state index contributed by atoms with van der Waals surface area (Å²) in [5.74, 6) is -0.120. The molecular weight excluding hydrogens is 382 g/mol. The smallest absolute Gasteiger partial charge is 0.253 e. The molecule has 2 amide bonds. The van der Waals surface area contributed by atoms with Gasteiger partial charge in [0, 0.05) is 55.9 Å². The van der Waals surface area contributed by atoms with Gasteiger partial charge >= 0.3 is 0 Å². The minimum absolute atomic E-state index is 0.0468. The zero-order valence-corrected chi connectivity index (χ0v) is 16.5. The Labute approximate surface area is 173 Å². The van der Waals surface area contributed by atoms with Crippen molar-refractivity contribution in [3.05, 3.63) is 54.6 Å². The van der Waals surface area contributed by atoms with Crippen molar-refractivity contribution >= 4 is 17.5 Å². The molecule has 0 radical (unpaired) electrons. The number of hydrogen-bond acceptors (Lipinski definition) is 5. The van der Waals surface area contributed by atoms with Gasteiger partial charge in [-0.1, -0.05) is 12.1 Å². The SMILES string of the molecule is O=C(c1ccc(-c2cn3ccnc3cn2)cc1)N1CCN(C(=O)C(O)C2CC2)CC1. The van der Waals surface area contributed by atoms with E-state index in [1.165, 1.54) is 0 Å². The topological polar surface area (TPSA) is 91.0 Å². The molecule has 0 bridgehead atoms. The van der Waals surface area contributed by atoms with Crippen LogP contribution in [0.3, 0.4) is 0 Å². The van der Waals surface area contributed by atoms with Gasteiger partial charge in [-0.05, 0) is 30.9 Å². The molecule has 5 rings (SSSR count). The number of amides is 2. The number of benzene rings is 1. The van der Waals surface area contributed by atoms with E-state index >= 15 is 0 Å². The third kappa shape index (κ3) is 3.54. The number of aliphatic hydroxyl groups excluding tert-OH is 1. The number of hydrogen-bond donors (Lipinski definition) is 1. The summed E-state index contributed by atoms with van der Waals surface area (Å²) in [6, 6.07) is 7.41. The van der Waals surface area contributed by atoms with Gasteiger partial charge in [-0.15, -0.1) is 0 Å². The van der Waals surface area contributed by atoms with Crippen molar-refractivity contribution < 1.29 is 14.7 Å². The first-order valence-corrected chi connectivity index (χ1v) is 10.3. The lowest BCUT2D eigenvalue weighted by Crippen LogP contribution is -2.53. The highest BCUT2D eigenvalue weighted by Crippen LogP contribution is 2.33. The van der Waals surface area contributed by atoms with Gasteiger partial charge in [-0.25, -0.2) is 4.98 Å². The molecule has 8 heteroatoms. The van der Waals surface area contributed by atoms with Crippen molar-refractivity contribution in [1.29, 1.82) is 0 Å². The zero-order valence-electron chi connectivity index (χ0n) is 16.5. The van der Waals surface area contributed by atoms with Crippen LogP contribution >= 0.6 is 0 Å². The number of piperazine rings is 1. The predicted octanol–water partition coefficient (Wildman–Crippen LogP) is 1.45. The molecule has 1 saturated carbocycles. The van der Waals surface area contributed by atoms with E-state index in [0.717, 1.165) is 29.7 Å². The normalized spacial score (nSPS) is 17.9. The summed E-state index contributed by atoms with van der Waals surface area (Å²) >= 11 is 0. The molecule has 1 aromatic carbocycles. The van der Waals surface area contributed by atoms with Crippen molar-refractivity contribution in [2.24, 2.45) is 5.92 Å². The second kappa shape index (κ2) is 7.53. The van der Waals surface area contributed by atoms with Crippen LogP contribution in [0.5, 0.6) is 0 Å². The average molecular weight is 405 g/mol. The highest BCUT2D eigenvalue weighted by molar-refractivity contribution is 5.95. The maximum absolute atomic E-state index is 12.9. The van der Waals surface area contributed by atoms with E-state index in [0.29, 0.717) is 31.7 Å². The van der Waals surface area contributed by atoms with Crippen molar-refractivity contribution in [3.8, 4) is 11.3 Å². The van der Waals surface area contributed by atoms with Gasteiger partial charge in [0.25, 0.3) is 11.8 Å². The van der Waals surface area contributed by atoms with Gasteiger partial charge in [0.15, 0.2) is 5.65 Å². The zero-order chi connectivity index (χ0) is 20.7. The number of aliphatic hydroxyl groups is 1. The first-order chi connectivity index (χ1) is 14.6. The van der Waals surface area contributed by atoms with Crippen molar-refractivity contribution in [3.63, 3.8) is 0 Å². The molecule has 1 aliphatic carbocycles. The molecule has 0 spiro atoms. The van der Waals surface area contributed by atoms with Crippen LogP contribution in [-0.4, -0.2) is 73.4 Å². The van der Waals surface area contributed by atoms with E-state index in [9.17, 15) is 14.7 Å². The highest BCUT2D eigenvalue weighted by atomic mass is 16.3. The molecule has 1 unspecified atom stereocenters. The van der Waals surface area contributed by atoms with Crippen LogP contribution in [0, 0.1) is 5.92 Å². The molecule has 1 saturated heterocycles. The van der Waals surface area contributed by atoms with Crippen LogP contribution < -0.4 is 0 Å². The number of imidazole rings is 1. The second-order valence-corrected chi connectivity index (χ2v) is 7.94. The Morgan fingerprint density at radius 1 is 1.00 bits per heavy atom. The number of nitrogens with zero attached hydrogens (tertiary/aromatic N) is 5. The first kappa shape index (κ1) is 18.7. The summed E-state index contributed by atoms with van der Waals surface area (Å²) < 4.78 is 1.91. The molecular formula is C22H23N5O3. The molecule has 2 aliphatic rings. The molecule has 1 N–H and O–H groups in total. The Kier molecular flexibility index (Phi) is 4.71. The lowest BCUT2D eigenvalue weighted by Gasteiger charge is -2.35. The lowest BCUT2D eigenvalue weighted by atomic mass is 10.1. The number of fused-ring (bicyclic) bond motifs is 1. The van der Waals surface area contributed by atoms with Crippen LogP contribution in [0.15, 0.2) is 49.1 Å². The van der Waals surface area contributed by atoms with Crippen LogP contribution in [0.4, 0.5) is 0 Å². The van der Waals surface area contributed by atoms with Crippen LogP contribution in [0.1, 0.15) is 23.2 Å². The number of carbonyl (C=O) groups excluding carboxylic acids is 2. The molecule has 1 aliphatic heterocycles. The fraction of sp³-hybridized carbons (Fsp3) is 0.364. The van der Waals surface area contributed by atoms with Gasteiger partial charge in [0.05, 0.1) is 11.9 Å². The summed E-state index contributed by atoms with van der Waals surface area (Å²) in [5, 5.41) is 10.0. The molecule has 2 aromatic heterocycles. The Morgan fingerprint density at radius 2 is 1.70 bits per heavy atom. The lowest BCUT2D eigenvalue weighted by molar-refractivity contribution is -0.142. The summed E-state index contributed by atoms with van der Waals surface area (Å²) in [5.41, 5.74) is 3.13. The van der Waals surface area contributed by atoms with Crippen molar-refractivity contribution in [2.45, 2.75) is 18.9 Å². The Hall–Kier alpha value is -3.26. The molecule has 154 valence electrons. The van der Waals surface area contributed by atoms with Gasteiger partial charge in [-0.3, -0.25) is 14.6 Å². The fourth-order valence-corrected chi connectivity index (χ4v) is 3.87. The monoisotopic (exact) mass is 405 g/mol. The summed E-state index contributed by atoms with van der Waals surface area (Å²) in [6.07, 6.45) is 8.19. The van der Waals surface area contributed by atoms with Crippen LogP contribution in [-0.2, 0) is 4.79 Å². The first-order valence-electron chi connectivity index (χ1n) is 10.3. The molecule has 8 nitrogen and oxygen atoms in total. The van der Waals surface area contributed by atoms with Gasteiger partial charge in [0.1, 0.15) is 6.10 Å². The average Bonchev–Trinajstić information content (AvgIpc) is 3.54. The minimum atomic E-state index is -0.880. The van der Waals surface area contributed by atoms with Crippen molar-refractivity contribution in [2.75, 3.05) is 26.2 Å². The number of rotatable bonds is 4.